The van der Waals surface area contributed by atoms with Gasteiger partial charge in [0.2, 0.25) is 0 Å². The molecule has 0 amide bonds. The summed E-state index contributed by atoms with van der Waals surface area (Å²) in [6, 6.07) is 6.19. The quantitative estimate of drug-likeness (QED) is 0.849. The number of hydrogen-bond acceptors (Lipinski definition) is 4. The van der Waals surface area contributed by atoms with Gasteiger partial charge in [0.1, 0.15) is 0 Å². The summed E-state index contributed by atoms with van der Waals surface area (Å²) in [5.41, 5.74) is 8.16. The molecule has 1 atom stereocenters. The van der Waals surface area contributed by atoms with E-state index in [0.29, 0.717) is 5.25 Å². The standard InChI is InChI=1S/C16H23NO2S/c1-12-2-3-13(17)10-15(12)20-14-4-7-19-16(11-14)5-8-18-9-6-16/h2-3,10,14H,4-9,11,17H2,1H3. The van der Waals surface area contributed by atoms with Gasteiger partial charge in [-0.05, 0) is 50.3 Å². The largest absolute Gasteiger partial charge is 0.399 e. The van der Waals surface area contributed by atoms with Gasteiger partial charge in [-0.1, -0.05) is 6.07 Å². The van der Waals surface area contributed by atoms with Crippen molar-refractivity contribution in [1.82, 2.24) is 0 Å². The van der Waals surface area contributed by atoms with Crippen LogP contribution in [0.1, 0.15) is 31.2 Å². The molecular weight excluding hydrogens is 270 g/mol. The van der Waals surface area contributed by atoms with E-state index in [2.05, 4.69) is 19.1 Å². The highest BCUT2D eigenvalue weighted by Crippen LogP contribution is 2.41. The zero-order valence-electron chi connectivity index (χ0n) is 12.1. The Labute approximate surface area is 125 Å². The van der Waals surface area contributed by atoms with Crippen LogP contribution in [0, 0.1) is 6.92 Å². The summed E-state index contributed by atoms with van der Waals surface area (Å²) in [4.78, 5) is 1.32. The molecule has 110 valence electrons. The van der Waals surface area contributed by atoms with Crippen LogP contribution in [0.3, 0.4) is 0 Å². The lowest BCUT2D eigenvalue weighted by Crippen LogP contribution is -2.45. The van der Waals surface area contributed by atoms with Gasteiger partial charge in [-0.3, -0.25) is 0 Å². The van der Waals surface area contributed by atoms with Crippen molar-refractivity contribution < 1.29 is 9.47 Å². The number of anilines is 1. The predicted molar refractivity (Wildman–Crippen MR) is 83.2 cm³/mol. The van der Waals surface area contributed by atoms with E-state index < -0.39 is 0 Å². The summed E-state index contributed by atoms with van der Waals surface area (Å²) in [5, 5.41) is 0.627. The molecule has 2 fully saturated rings. The van der Waals surface area contributed by atoms with Crippen LogP contribution in [0.25, 0.3) is 0 Å². The fraction of sp³-hybridized carbons (Fsp3) is 0.625. The third kappa shape index (κ3) is 3.13. The Morgan fingerprint density at radius 3 is 2.85 bits per heavy atom. The molecule has 1 unspecified atom stereocenters. The number of ether oxygens (including phenoxy) is 2. The Morgan fingerprint density at radius 2 is 2.05 bits per heavy atom. The fourth-order valence-corrected chi connectivity index (χ4v) is 4.52. The maximum Gasteiger partial charge on any atom is 0.0737 e. The Kier molecular flexibility index (Phi) is 4.24. The first-order valence-corrected chi connectivity index (χ1v) is 8.29. The molecule has 4 heteroatoms. The van der Waals surface area contributed by atoms with Gasteiger partial charge in [0.15, 0.2) is 0 Å². The topological polar surface area (TPSA) is 44.5 Å². The first-order valence-electron chi connectivity index (χ1n) is 7.41. The maximum atomic E-state index is 6.11. The van der Waals surface area contributed by atoms with Gasteiger partial charge < -0.3 is 15.2 Å². The second-order valence-corrected chi connectivity index (χ2v) is 7.24. The van der Waals surface area contributed by atoms with Gasteiger partial charge >= 0.3 is 0 Å². The van der Waals surface area contributed by atoms with Crippen molar-refractivity contribution >= 4 is 17.4 Å². The highest BCUT2D eigenvalue weighted by molar-refractivity contribution is 8.00. The molecule has 3 nitrogen and oxygen atoms in total. The number of nitrogen functional groups attached to an aromatic ring is 1. The third-order valence-corrected chi connectivity index (χ3v) is 5.79. The Bertz CT molecular complexity index is 466. The third-order valence-electron chi connectivity index (χ3n) is 4.36. The second-order valence-electron chi connectivity index (χ2n) is 5.90. The van der Waals surface area contributed by atoms with Crippen LogP contribution in [0.15, 0.2) is 23.1 Å². The normalized spacial score (nSPS) is 25.8. The molecule has 2 N–H and O–H groups in total. The molecule has 0 aliphatic carbocycles. The number of hydrogen-bond donors (Lipinski definition) is 1. The summed E-state index contributed by atoms with van der Waals surface area (Å²) in [7, 11) is 0. The van der Waals surface area contributed by atoms with Crippen LogP contribution in [0.2, 0.25) is 0 Å². The van der Waals surface area contributed by atoms with Gasteiger partial charge in [0, 0.05) is 35.7 Å². The molecule has 2 heterocycles. The van der Waals surface area contributed by atoms with Gasteiger partial charge in [0.05, 0.1) is 5.60 Å². The molecule has 3 rings (SSSR count). The lowest BCUT2D eigenvalue weighted by molar-refractivity contribution is -0.131. The number of rotatable bonds is 2. The van der Waals surface area contributed by atoms with Crippen molar-refractivity contribution in [2.75, 3.05) is 25.6 Å². The number of nitrogens with two attached hydrogens (primary N) is 1. The second kappa shape index (κ2) is 5.96. The maximum absolute atomic E-state index is 6.11. The molecule has 0 saturated carbocycles. The summed E-state index contributed by atoms with van der Waals surface area (Å²) in [5.74, 6) is 0. The van der Waals surface area contributed by atoms with E-state index in [-0.39, 0.29) is 5.60 Å². The van der Waals surface area contributed by atoms with E-state index in [1.807, 2.05) is 17.8 Å². The molecule has 2 aliphatic heterocycles. The first-order chi connectivity index (χ1) is 9.67. The molecule has 1 aromatic carbocycles. The molecule has 0 radical (unpaired) electrons. The average molecular weight is 293 g/mol. The highest BCUT2D eigenvalue weighted by atomic mass is 32.2. The molecule has 2 saturated heterocycles. The van der Waals surface area contributed by atoms with Crippen molar-refractivity contribution in [3.05, 3.63) is 23.8 Å². The van der Waals surface area contributed by atoms with Crippen molar-refractivity contribution in [3.8, 4) is 0 Å². The molecule has 0 bridgehead atoms. The van der Waals surface area contributed by atoms with Crippen LogP contribution < -0.4 is 5.73 Å². The zero-order chi connectivity index (χ0) is 14.0. The Balaban J connectivity index is 1.69. The molecule has 2 aliphatic rings. The fourth-order valence-electron chi connectivity index (χ4n) is 3.10. The van der Waals surface area contributed by atoms with E-state index >= 15 is 0 Å². The lowest BCUT2D eigenvalue weighted by Gasteiger charge is -2.43. The Morgan fingerprint density at radius 1 is 1.25 bits per heavy atom. The minimum Gasteiger partial charge on any atom is -0.399 e. The van der Waals surface area contributed by atoms with Gasteiger partial charge in [-0.25, -0.2) is 0 Å². The van der Waals surface area contributed by atoms with Crippen LogP contribution in [-0.2, 0) is 9.47 Å². The van der Waals surface area contributed by atoms with Crippen molar-refractivity contribution in [3.63, 3.8) is 0 Å². The predicted octanol–water partition coefficient (Wildman–Crippen LogP) is 3.40. The lowest BCUT2D eigenvalue weighted by atomic mass is 9.86. The molecular formula is C16H23NO2S. The highest BCUT2D eigenvalue weighted by Gasteiger charge is 2.39. The summed E-state index contributed by atoms with van der Waals surface area (Å²) in [6.45, 7) is 4.72. The van der Waals surface area contributed by atoms with E-state index in [9.17, 15) is 0 Å². The van der Waals surface area contributed by atoms with E-state index in [1.54, 1.807) is 0 Å². The summed E-state index contributed by atoms with van der Waals surface area (Å²) in [6.07, 6.45) is 4.34. The first kappa shape index (κ1) is 14.2. The van der Waals surface area contributed by atoms with E-state index in [0.717, 1.165) is 51.2 Å². The van der Waals surface area contributed by atoms with Crippen LogP contribution >= 0.6 is 11.8 Å². The van der Waals surface area contributed by atoms with Crippen molar-refractivity contribution in [1.29, 1.82) is 0 Å². The smallest absolute Gasteiger partial charge is 0.0737 e. The number of thioether (sulfide) groups is 1. The number of benzene rings is 1. The van der Waals surface area contributed by atoms with Gasteiger partial charge in [-0.2, -0.15) is 0 Å². The van der Waals surface area contributed by atoms with Crippen LogP contribution in [-0.4, -0.2) is 30.7 Å². The van der Waals surface area contributed by atoms with Crippen LogP contribution in [0.5, 0.6) is 0 Å². The molecule has 20 heavy (non-hydrogen) atoms. The summed E-state index contributed by atoms with van der Waals surface area (Å²) >= 11 is 1.97. The van der Waals surface area contributed by atoms with Gasteiger partial charge in [0.25, 0.3) is 0 Å². The monoisotopic (exact) mass is 293 g/mol. The van der Waals surface area contributed by atoms with Gasteiger partial charge in [-0.15, -0.1) is 11.8 Å². The molecule has 1 spiro atoms. The molecule has 0 aromatic heterocycles. The minimum atomic E-state index is 0.0718. The average Bonchev–Trinajstić information content (AvgIpc) is 2.44. The Hall–Kier alpha value is -0.710. The van der Waals surface area contributed by atoms with E-state index in [4.69, 9.17) is 15.2 Å². The summed E-state index contributed by atoms with van der Waals surface area (Å²) < 4.78 is 11.6. The van der Waals surface area contributed by atoms with E-state index in [1.165, 1.54) is 10.5 Å². The SMILES string of the molecule is Cc1ccc(N)cc1SC1CCOC2(CCOCC2)C1. The zero-order valence-corrected chi connectivity index (χ0v) is 12.9. The number of aryl methyl sites for hydroxylation is 1. The van der Waals surface area contributed by atoms with Crippen molar-refractivity contribution in [2.24, 2.45) is 0 Å². The van der Waals surface area contributed by atoms with Crippen LogP contribution in [0.4, 0.5) is 5.69 Å². The minimum absolute atomic E-state index is 0.0718. The van der Waals surface area contributed by atoms with Crippen molar-refractivity contribution in [2.45, 2.75) is 48.4 Å². The molecule has 1 aromatic rings.